The highest BCUT2D eigenvalue weighted by Crippen LogP contribution is 2.15. The van der Waals surface area contributed by atoms with Crippen molar-refractivity contribution in [2.24, 2.45) is 0 Å². The Morgan fingerprint density at radius 3 is 1.00 bits per heavy atom. The predicted molar refractivity (Wildman–Crippen MR) is 288 cm³/mol. The maximum atomic E-state index is 12.8. The average Bonchev–Trinajstić information content (AvgIpc) is 3.33. The van der Waals surface area contributed by atoms with Crippen molar-refractivity contribution in [3.63, 3.8) is 0 Å². The summed E-state index contributed by atoms with van der Waals surface area (Å²) in [6, 6.07) is 0. The Kier molecular flexibility index (Phi) is 52.4. The largest absolute Gasteiger partial charge is 0.462 e. The van der Waals surface area contributed by atoms with E-state index < -0.39 is 6.10 Å². The van der Waals surface area contributed by atoms with Gasteiger partial charge in [-0.3, -0.25) is 14.4 Å². The first kappa shape index (κ1) is 63.6. The molecule has 0 radical (unpaired) electrons. The second kappa shape index (κ2) is 55.2. The highest BCUT2D eigenvalue weighted by Gasteiger charge is 2.19. The predicted octanol–water partition coefficient (Wildman–Crippen LogP) is 18.8. The van der Waals surface area contributed by atoms with E-state index in [1.54, 1.807) is 0 Å². The third-order valence-corrected chi connectivity index (χ3v) is 12.0. The minimum Gasteiger partial charge on any atom is -0.462 e. The van der Waals surface area contributed by atoms with Gasteiger partial charge in [-0.15, -0.1) is 0 Å². The maximum Gasteiger partial charge on any atom is 0.306 e. The summed E-state index contributed by atoms with van der Waals surface area (Å²) in [6.45, 7) is 6.45. The molecular weight excluding hydrogens is 829 g/mol. The quantitative estimate of drug-likeness (QED) is 0.0199. The molecule has 1 atom stereocenters. The van der Waals surface area contributed by atoms with Gasteiger partial charge >= 0.3 is 17.9 Å². The van der Waals surface area contributed by atoms with E-state index in [1.807, 2.05) is 18.2 Å². The number of ether oxygens (including phenoxy) is 3. The smallest absolute Gasteiger partial charge is 0.306 e. The van der Waals surface area contributed by atoms with Gasteiger partial charge in [0.05, 0.1) is 0 Å². The van der Waals surface area contributed by atoms with Crippen LogP contribution in [-0.2, 0) is 28.6 Å². The van der Waals surface area contributed by atoms with Crippen LogP contribution >= 0.6 is 0 Å². The molecule has 0 saturated carbocycles. The lowest BCUT2D eigenvalue weighted by Gasteiger charge is -2.18. The van der Waals surface area contributed by atoms with Crippen LogP contribution in [0.1, 0.15) is 265 Å². The minimum absolute atomic E-state index is 0.0925. The molecule has 0 fully saturated rings. The number of hydrogen-bond donors (Lipinski definition) is 0. The molecule has 0 bridgehead atoms. The van der Waals surface area contributed by atoms with Crippen LogP contribution in [0, 0.1) is 0 Å². The molecule has 6 nitrogen and oxygen atoms in total. The summed E-state index contributed by atoms with van der Waals surface area (Å²) < 4.78 is 16.8. The number of esters is 3. The molecule has 0 aliphatic carbocycles. The van der Waals surface area contributed by atoms with Gasteiger partial charge < -0.3 is 14.2 Å². The molecule has 1 unspecified atom stereocenters. The maximum absolute atomic E-state index is 12.8. The lowest BCUT2D eigenvalue weighted by molar-refractivity contribution is -0.167. The van der Waals surface area contributed by atoms with Gasteiger partial charge in [-0.2, -0.15) is 0 Å². The van der Waals surface area contributed by atoms with Crippen LogP contribution in [0.15, 0.2) is 85.1 Å². The number of unbranched alkanes of at least 4 members (excludes halogenated alkanes) is 29. The Morgan fingerprint density at radius 2 is 0.597 bits per heavy atom. The molecule has 0 spiro atoms. The normalized spacial score (nSPS) is 12.7. The van der Waals surface area contributed by atoms with E-state index in [4.69, 9.17) is 14.2 Å². The SMILES string of the molecule is CC\C=C/C=C\C=C/C=C\CCCCCCCC(=O)OC(COC(=O)CCCCCCCC/C=C\C=C/CCCCC)COC(=O)CCCCCCCCC/C=C\CCCCCCCCCC. The molecule has 0 N–H and O–H groups in total. The first-order chi connectivity index (χ1) is 33.0. The second-order valence-electron chi connectivity index (χ2n) is 18.6. The van der Waals surface area contributed by atoms with Gasteiger partial charge in [-0.1, -0.05) is 241 Å². The molecule has 0 heterocycles. The summed E-state index contributed by atoms with van der Waals surface area (Å²) in [5.41, 5.74) is 0. The monoisotopic (exact) mass is 933 g/mol. The van der Waals surface area contributed by atoms with Gasteiger partial charge in [-0.05, 0) is 89.9 Å². The topological polar surface area (TPSA) is 78.9 Å². The molecule has 0 aromatic heterocycles. The molecule has 0 rings (SSSR count). The number of carbonyl (C=O) groups is 3. The number of carbonyl (C=O) groups excluding carboxylic acids is 3. The molecule has 67 heavy (non-hydrogen) atoms. The lowest BCUT2D eigenvalue weighted by Crippen LogP contribution is -2.30. The van der Waals surface area contributed by atoms with Crippen molar-refractivity contribution in [2.45, 2.75) is 271 Å². The van der Waals surface area contributed by atoms with Crippen molar-refractivity contribution >= 4 is 17.9 Å². The van der Waals surface area contributed by atoms with Crippen LogP contribution in [-0.4, -0.2) is 37.2 Å². The van der Waals surface area contributed by atoms with E-state index in [-0.39, 0.29) is 31.1 Å². The van der Waals surface area contributed by atoms with Crippen molar-refractivity contribution < 1.29 is 28.6 Å². The molecule has 0 aromatic rings. The zero-order valence-electron chi connectivity index (χ0n) is 43.9. The molecular formula is C61H104O6. The van der Waals surface area contributed by atoms with Crippen LogP contribution < -0.4 is 0 Å². The first-order valence-electron chi connectivity index (χ1n) is 28.2. The fraction of sp³-hybridized carbons (Fsp3) is 0.721. The number of allylic oxidation sites excluding steroid dienone is 14. The van der Waals surface area contributed by atoms with E-state index in [0.717, 1.165) is 89.9 Å². The highest BCUT2D eigenvalue weighted by molar-refractivity contribution is 5.71. The second-order valence-corrected chi connectivity index (χ2v) is 18.6. The lowest BCUT2D eigenvalue weighted by atomic mass is 10.1. The minimum atomic E-state index is -0.796. The van der Waals surface area contributed by atoms with E-state index in [2.05, 4.69) is 87.6 Å². The van der Waals surface area contributed by atoms with E-state index in [9.17, 15) is 14.4 Å². The Hall–Kier alpha value is -3.41. The van der Waals surface area contributed by atoms with Crippen LogP contribution in [0.4, 0.5) is 0 Å². The standard InChI is InChI=1S/C61H104O6/c1-4-7-10-13-16-19-22-25-28-29-30-31-34-36-39-42-45-48-51-54-60(63)66-57-58(67-61(64)55-52-49-46-43-40-37-33-27-24-21-18-15-12-9-6-3)56-65-59(62)53-50-47-44-41-38-35-32-26-23-20-17-14-11-8-5-2/h9,12,15,17-18,20-21,23-24,26-27,29-30,33,58H,4-8,10-11,13-14,16,19,22,25,28,31-32,34-57H2,1-3H3/b12-9-,18-15-,20-17-,24-21-,26-23-,30-29-,33-27-. The van der Waals surface area contributed by atoms with Gasteiger partial charge in [0.1, 0.15) is 13.2 Å². The molecule has 0 saturated heterocycles. The summed E-state index contributed by atoms with van der Waals surface area (Å²) >= 11 is 0. The molecule has 0 aromatic carbocycles. The first-order valence-corrected chi connectivity index (χ1v) is 28.2. The fourth-order valence-electron chi connectivity index (χ4n) is 7.73. The third-order valence-electron chi connectivity index (χ3n) is 12.0. The molecule has 0 aliphatic rings. The van der Waals surface area contributed by atoms with E-state index in [0.29, 0.717) is 19.3 Å². The van der Waals surface area contributed by atoms with Crippen LogP contribution in [0.25, 0.3) is 0 Å². The summed E-state index contributed by atoms with van der Waals surface area (Å²) in [5.74, 6) is -0.928. The van der Waals surface area contributed by atoms with Gasteiger partial charge in [-0.25, -0.2) is 0 Å². The summed E-state index contributed by atoms with van der Waals surface area (Å²) in [6.07, 6.45) is 71.4. The van der Waals surface area contributed by atoms with Crippen molar-refractivity contribution in [1.29, 1.82) is 0 Å². The summed E-state index contributed by atoms with van der Waals surface area (Å²) in [4.78, 5) is 38.1. The van der Waals surface area contributed by atoms with Crippen LogP contribution in [0.3, 0.4) is 0 Å². The summed E-state index contributed by atoms with van der Waals surface area (Å²) in [7, 11) is 0. The Bertz CT molecular complexity index is 1300. The van der Waals surface area contributed by atoms with Crippen molar-refractivity contribution in [2.75, 3.05) is 13.2 Å². The van der Waals surface area contributed by atoms with Gasteiger partial charge in [0, 0.05) is 19.3 Å². The van der Waals surface area contributed by atoms with E-state index >= 15 is 0 Å². The van der Waals surface area contributed by atoms with E-state index in [1.165, 1.54) is 135 Å². The summed E-state index contributed by atoms with van der Waals surface area (Å²) in [5, 5.41) is 0. The highest BCUT2D eigenvalue weighted by atomic mass is 16.6. The zero-order valence-corrected chi connectivity index (χ0v) is 43.9. The Labute approximate surface area is 414 Å². The average molecular weight is 933 g/mol. The molecule has 0 amide bonds. The molecule has 0 aliphatic heterocycles. The Morgan fingerprint density at radius 1 is 0.313 bits per heavy atom. The van der Waals surface area contributed by atoms with Crippen molar-refractivity contribution in [1.82, 2.24) is 0 Å². The third kappa shape index (κ3) is 53.4. The van der Waals surface area contributed by atoms with Crippen LogP contribution in [0.2, 0.25) is 0 Å². The number of rotatable bonds is 50. The van der Waals surface area contributed by atoms with Gasteiger partial charge in [0.15, 0.2) is 6.10 Å². The number of hydrogen-bond acceptors (Lipinski definition) is 6. The fourth-order valence-corrected chi connectivity index (χ4v) is 7.73. The van der Waals surface area contributed by atoms with Crippen molar-refractivity contribution in [3.05, 3.63) is 85.1 Å². The van der Waals surface area contributed by atoms with Gasteiger partial charge in [0.2, 0.25) is 0 Å². The van der Waals surface area contributed by atoms with Crippen molar-refractivity contribution in [3.8, 4) is 0 Å². The van der Waals surface area contributed by atoms with Gasteiger partial charge in [0.25, 0.3) is 0 Å². The molecule has 6 heteroatoms. The molecule has 384 valence electrons. The Balaban J connectivity index is 4.42. The zero-order chi connectivity index (χ0) is 48.6. The van der Waals surface area contributed by atoms with Crippen LogP contribution in [0.5, 0.6) is 0 Å².